The van der Waals surface area contributed by atoms with Gasteiger partial charge in [0.05, 0.1) is 18.0 Å². The first kappa shape index (κ1) is 20.4. The average molecular weight is 402 g/mol. The molecule has 148 valence electrons. The summed E-state index contributed by atoms with van der Waals surface area (Å²) < 4.78 is 14.2. The molecule has 2 N–H and O–H groups in total. The number of aliphatic hydroxyl groups excluding tert-OH is 1. The van der Waals surface area contributed by atoms with Crippen molar-refractivity contribution in [1.29, 1.82) is 0 Å². The molecule has 1 aromatic carbocycles. The van der Waals surface area contributed by atoms with Crippen molar-refractivity contribution in [3.63, 3.8) is 0 Å². The van der Waals surface area contributed by atoms with Crippen LogP contribution in [-0.4, -0.2) is 39.2 Å². The molecule has 0 amide bonds. The summed E-state index contributed by atoms with van der Waals surface area (Å²) in [6, 6.07) is 6.39. The fraction of sp³-hybridized carbons (Fsp3) is 0.333. The van der Waals surface area contributed by atoms with Crippen LogP contribution < -0.4 is 5.56 Å². The van der Waals surface area contributed by atoms with Crippen LogP contribution in [0.25, 0.3) is 21.3 Å². The quantitative estimate of drug-likeness (QED) is 0.564. The molecule has 1 atom stereocenters. The second-order valence-corrected chi connectivity index (χ2v) is 7.97. The van der Waals surface area contributed by atoms with Gasteiger partial charge < -0.3 is 10.1 Å². The van der Waals surface area contributed by atoms with Gasteiger partial charge in [0.15, 0.2) is 0 Å². The second kappa shape index (κ2) is 8.77. The van der Waals surface area contributed by atoms with Crippen LogP contribution in [0.5, 0.6) is 0 Å². The summed E-state index contributed by atoms with van der Waals surface area (Å²) >= 11 is 1.32. The number of hydrogen-bond donors (Lipinski definition) is 2. The van der Waals surface area contributed by atoms with Crippen molar-refractivity contribution in [1.82, 2.24) is 14.9 Å². The van der Waals surface area contributed by atoms with E-state index in [4.69, 9.17) is 0 Å². The van der Waals surface area contributed by atoms with Gasteiger partial charge in [-0.25, -0.2) is 9.37 Å². The molecule has 0 aliphatic heterocycles. The minimum absolute atomic E-state index is 0.127. The third kappa shape index (κ3) is 4.38. The summed E-state index contributed by atoms with van der Waals surface area (Å²) in [5.41, 5.74) is 0.654. The van der Waals surface area contributed by atoms with Gasteiger partial charge in [0, 0.05) is 29.6 Å². The Morgan fingerprint density at radius 1 is 1.36 bits per heavy atom. The maximum absolute atomic E-state index is 14.2. The molecule has 0 radical (unpaired) electrons. The number of halogens is 1. The molecule has 2 aromatic heterocycles. The predicted molar refractivity (Wildman–Crippen MR) is 112 cm³/mol. The molecule has 0 fully saturated rings. The average Bonchev–Trinajstić information content (AvgIpc) is 3.06. The molecule has 3 rings (SSSR count). The van der Waals surface area contributed by atoms with E-state index in [1.807, 2.05) is 18.7 Å². The van der Waals surface area contributed by atoms with Crippen LogP contribution in [0.4, 0.5) is 4.39 Å². The number of thiophene rings is 1. The third-order valence-electron chi connectivity index (χ3n) is 4.63. The van der Waals surface area contributed by atoms with Crippen LogP contribution in [-0.2, 0) is 6.54 Å². The third-order valence-corrected chi connectivity index (χ3v) is 5.50. The fourth-order valence-corrected chi connectivity index (χ4v) is 3.98. The van der Waals surface area contributed by atoms with Gasteiger partial charge >= 0.3 is 0 Å². The van der Waals surface area contributed by atoms with Crippen LogP contribution in [0, 0.1) is 11.7 Å². The highest BCUT2D eigenvalue weighted by molar-refractivity contribution is 7.17. The van der Waals surface area contributed by atoms with Gasteiger partial charge in [0.25, 0.3) is 5.56 Å². The lowest BCUT2D eigenvalue weighted by Crippen LogP contribution is -2.35. The Morgan fingerprint density at radius 2 is 2.11 bits per heavy atom. The minimum atomic E-state index is -0.482. The standard InChI is InChI=1S/C21H24FN3O2S/c1-4-9-25(10-17(26)13(2)3)11-18-23-20(27)19-15(12-28-21(19)24-18)14-7-5-6-8-16(14)22/h4-8,12-13,17,26H,1,9-11H2,2-3H3,(H,23,24,27). The summed E-state index contributed by atoms with van der Waals surface area (Å²) in [5.74, 6) is 0.269. The number of rotatable bonds is 8. The van der Waals surface area contributed by atoms with E-state index in [9.17, 15) is 14.3 Å². The van der Waals surface area contributed by atoms with E-state index in [2.05, 4.69) is 16.5 Å². The topological polar surface area (TPSA) is 69.2 Å². The number of aromatic nitrogens is 2. The van der Waals surface area contributed by atoms with Crippen molar-refractivity contribution in [2.24, 2.45) is 5.92 Å². The Hall–Kier alpha value is -2.35. The maximum Gasteiger partial charge on any atom is 0.260 e. The highest BCUT2D eigenvalue weighted by Crippen LogP contribution is 2.32. The molecule has 0 saturated heterocycles. The summed E-state index contributed by atoms with van der Waals surface area (Å²) in [6.07, 6.45) is 1.27. The van der Waals surface area contributed by atoms with Gasteiger partial charge in [-0.3, -0.25) is 9.69 Å². The van der Waals surface area contributed by atoms with Crippen molar-refractivity contribution in [2.45, 2.75) is 26.5 Å². The van der Waals surface area contributed by atoms with Crippen LogP contribution >= 0.6 is 11.3 Å². The first-order chi connectivity index (χ1) is 13.4. The van der Waals surface area contributed by atoms with Gasteiger partial charge in [-0.05, 0) is 12.0 Å². The molecule has 0 aliphatic carbocycles. The van der Waals surface area contributed by atoms with Crippen LogP contribution in [0.1, 0.15) is 19.7 Å². The lowest BCUT2D eigenvalue weighted by Gasteiger charge is -2.25. The zero-order valence-electron chi connectivity index (χ0n) is 16.0. The zero-order valence-corrected chi connectivity index (χ0v) is 16.8. The smallest absolute Gasteiger partial charge is 0.260 e. The molecule has 3 aromatic rings. The van der Waals surface area contributed by atoms with E-state index in [0.29, 0.717) is 46.8 Å². The molecular formula is C21H24FN3O2S. The summed E-state index contributed by atoms with van der Waals surface area (Å²) in [6.45, 7) is 9.08. The number of nitrogens with one attached hydrogen (secondary N) is 1. The van der Waals surface area contributed by atoms with E-state index in [0.717, 1.165) is 0 Å². The first-order valence-corrected chi connectivity index (χ1v) is 10.0. The Bertz CT molecular complexity index is 1030. The normalized spacial score (nSPS) is 12.8. The van der Waals surface area contributed by atoms with Crippen molar-refractivity contribution in [2.75, 3.05) is 13.1 Å². The molecule has 0 bridgehead atoms. The highest BCUT2D eigenvalue weighted by Gasteiger charge is 2.18. The van der Waals surface area contributed by atoms with Gasteiger partial charge in [0.2, 0.25) is 0 Å². The van der Waals surface area contributed by atoms with Gasteiger partial charge in [0.1, 0.15) is 16.5 Å². The van der Waals surface area contributed by atoms with E-state index < -0.39 is 6.10 Å². The van der Waals surface area contributed by atoms with E-state index in [1.54, 1.807) is 29.7 Å². The van der Waals surface area contributed by atoms with E-state index >= 15 is 0 Å². The Morgan fingerprint density at radius 3 is 2.79 bits per heavy atom. The Labute approximate surface area is 167 Å². The number of aromatic amines is 1. The lowest BCUT2D eigenvalue weighted by atomic mass is 10.1. The SMILES string of the molecule is C=CCN(Cc1nc2scc(-c3ccccc3F)c2c(=O)[nH]1)CC(O)C(C)C. The summed E-state index contributed by atoms with van der Waals surface area (Å²) in [5, 5.41) is 12.3. The van der Waals surface area contributed by atoms with Crippen molar-refractivity contribution in [3.8, 4) is 11.1 Å². The molecule has 0 aliphatic rings. The van der Waals surface area contributed by atoms with Gasteiger partial charge in [-0.15, -0.1) is 17.9 Å². The molecule has 0 saturated carbocycles. The zero-order chi connectivity index (χ0) is 20.3. The molecule has 5 nitrogen and oxygen atoms in total. The van der Waals surface area contributed by atoms with E-state index in [1.165, 1.54) is 17.4 Å². The number of H-pyrrole nitrogens is 1. The highest BCUT2D eigenvalue weighted by atomic mass is 32.1. The van der Waals surface area contributed by atoms with Crippen molar-refractivity contribution >= 4 is 21.6 Å². The number of fused-ring (bicyclic) bond motifs is 1. The van der Waals surface area contributed by atoms with Crippen LogP contribution in [0.15, 0.2) is 47.1 Å². The molecule has 0 spiro atoms. The van der Waals surface area contributed by atoms with Crippen LogP contribution in [0.2, 0.25) is 0 Å². The monoisotopic (exact) mass is 401 g/mol. The Balaban J connectivity index is 1.93. The first-order valence-electron chi connectivity index (χ1n) is 9.17. The molecular weight excluding hydrogens is 377 g/mol. The van der Waals surface area contributed by atoms with E-state index in [-0.39, 0.29) is 17.3 Å². The molecule has 28 heavy (non-hydrogen) atoms. The summed E-state index contributed by atoms with van der Waals surface area (Å²) in [4.78, 5) is 22.7. The minimum Gasteiger partial charge on any atom is -0.392 e. The van der Waals surface area contributed by atoms with Crippen molar-refractivity contribution in [3.05, 3.63) is 64.3 Å². The lowest BCUT2D eigenvalue weighted by molar-refractivity contribution is 0.0771. The Kier molecular flexibility index (Phi) is 6.39. The largest absolute Gasteiger partial charge is 0.392 e. The number of nitrogens with zero attached hydrogens (tertiary/aromatic N) is 2. The predicted octanol–water partition coefficient (Wildman–Crippen LogP) is 3.80. The molecule has 7 heteroatoms. The summed E-state index contributed by atoms with van der Waals surface area (Å²) in [7, 11) is 0. The van der Waals surface area contributed by atoms with Crippen LogP contribution in [0.3, 0.4) is 0 Å². The molecule has 1 unspecified atom stereocenters. The molecule has 2 heterocycles. The number of benzene rings is 1. The second-order valence-electron chi connectivity index (χ2n) is 7.12. The van der Waals surface area contributed by atoms with Gasteiger partial charge in [-0.1, -0.05) is 38.1 Å². The van der Waals surface area contributed by atoms with Gasteiger partial charge in [-0.2, -0.15) is 0 Å². The number of aliphatic hydroxyl groups is 1. The maximum atomic E-state index is 14.2. The fourth-order valence-electron chi connectivity index (χ4n) is 3.02. The van der Waals surface area contributed by atoms with Crippen molar-refractivity contribution < 1.29 is 9.50 Å². The number of hydrogen-bond acceptors (Lipinski definition) is 5.